The number of nitrogens with zero attached hydrogens (tertiary/aromatic N) is 1. The molecule has 0 amide bonds. The van der Waals surface area contributed by atoms with Gasteiger partial charge in [0.15, 0.2) is 5.96 Å². The average Bonchev–Trinajstić information content (AvgIpc) is 2.55. The SMILES string of the molecule is CCNC(=NCCCCC(C)C)NCCS(=O)c1ccccc1. The summed E-state index contributed by atoms with van der Waals surface area (Å²) in [6, 6.07) is 9.59. The first-order valence-corrected chi connectivity index (χ1v) is 9.91. The van der Waals surface area contributed by atoms with Gasteiger partial charge >= 0.3 is 0 Å². The Morgan fingerprint density at radius 3 is 2.57 bits per heavy atom. The fourth-order valence-electron chi connectivity index (χ4n) is 2.15. The molecule has 0 fully saturated rings. The van der Waals surface area contributed by atoms with Gasteiger partial charge in [-0.25, -0.2) is 0 Å². The molecule has 130 valence electrons. The molecule has 0 spiro atoms. The summed E-state index contributed by atoms with van der Waals surface area (Å²) in [5.41, 5.74) is 0. The number of rotatable bonds is 10. The highest BCUT2D eigenvalue weighted by atomic mass is 32.2. The first kappa shape index (κ1) is 19.7. The Hall–Kier alpha value is -1.36. The summed E-state index contributed by atoms with van der Waals surface area (Å²) in [6.07, 6.45) is 3.60. The van der Waals surface area contributed by atoms with Crippen LogP contribution in [0.15, 0.2) is 40.2 Å². The van der Waals surface area contributed by atoms with E-state index in [1.807, 2.05) is 30.3 Å². The van der Waals surface area contributed by atoms with Crippen LogP contribution in [0.1, 0.15) is 40.0 Å². The lowest BCUT2D eigenvalue weighted by Crippen LogP contribution is -2.39. The Labute approximate surface area is 143 Å². The van der Waals surface area contributed by atoms with Crippen LogP contribution in [0.4, 0.5) is 0 Å². The van der Waals surface area contributed by atoms with E-state index in [-0.39, 0.29) is 0 Å². The van der Waals surface area contributed by atoms with Crippen molar-refractivity contribution in [2.24, 2.45) is 10.9 Å². The maximum atomic E-state index is 12.2. The second kappa shape index (κ2) is 12.1. The Balaban J connectivity index is 2.30. The highest BCUT2D eigenvalue weighted by Crippen LogP contribution is 2.06. The molecule has 0 bridgehead atoms. The summed E-state index contributed by atoms with van der Waals surface area (Å²) < 4.78 is 12.2. The molecule has 0 aliphatic rings. The smallest absolute Gasteiger partial charge is 0.191 e. The number of hydrogen-bond donors (Lipinski definition) is 2. The topological polar surface area (TPSA) is 53.5 Å². The molecule has 5 heteroatoms. The zero-order valence-electron chi connectivity index (χ0n) is 14.7. The van der Waals surface area contributed by atoms with E-state index in [9.17, 15) is 4.21 Å². The number of unbranched alkanes of at least 4 members (excludes halogenated alkanes) is 1. The maximum Gasteiger partial charge on any atom is 0.191 e. The van der Waals surface area contributed by atoms with Crippen LogP contribution in [-0.4, -0.2) is 35.6 Å². The molecule has 0 aliphatic carbocycles. The van der Waals surface area contributed by atoms with Gasteiger partial charge in [-0.3, -0.25) is 9.20 Å². The van der Waals surface area contributed by atoms with E-state index >= 15 is 0 Å². The third-order valence-electron chi connectivity index (χ3n) is 3.39. The normalized spacial score (nSPS) is 13.1. The predicted octanol–water partition coefficient (Wildman–Crippen LogP) is 3.18. The van der Waals surface area contributed by atoms with Crippen molar-refractivity contribution in [3.8, 4) is 0 Å². The third kappa shape index (κ3) is 9.39. The van der Waals surface area contributed by atoms with Crippen LogP contribution in [0.25, 0.3) is 0 Å². The van der Waals surface area contributed by atoms with Crippen molar-refractivity contribution in [2.75, 3.05) is 25.4 Å². The van der Waals surface area contributed by atoms with Gasteiger partial charge in [-0.2, -0.15) is 0 Å². The quantitative estimate of drug-likeness (QED) is 0.392. The monoisotopic (exact) mass is 337 g/mol. The van der Waals surface area contributed by atoms with Crippen LogP contribution in [0.5, 0.6) is 0 Å². The van der Waals surface area contributed by atoms with Crippen molar-refractivity contribution < 1.29 is 4.21 Å². The van der Waals surface area contributed by atoms with Gasteiger partial charge in [-0.1, -0.05) is 44.9 Å². The summed E-state index contributed by atoms with van der Waals surface area (Å²) >= 11 is 0. The van der Waals surface area contributed by atoms with Crippen molar-refractivity contribution in [3.05, 3.63) is 30.3 Å². The van der Waals surface area contributed by atoms with E-state index in [4.69, 9.17) is 0 Å². The lowest BCUT2D eigenvalue weighted by molar-refractivity contribution is 0.541. The van der Waals surface area contributed by atoms with E-state index in [0.717, 1.165) is 36.3 Å². The lowest BCUT2D eigenvalue weighted by atomic mass is 10.1. The molecule has 0 aromatic heterocycles. The number of aliphatic imine (C=N–C) groups is 1. The van der Waals surface area contributed by atoms with Crippen LogP contribution in [0, 0.1) is 5.92 Å². The molecule has 1 aromatic carbocycles. The maximum absolute atomic E-state index is 12.2. The van der Waals surface area contributed by atoms with Gasteiger partial charge in [0.25, 0.3) is 0 Å². The van der Waals surface area contributed by atoms with Crippen molar-refractivity contribution in [2.45, 2.75) is 44.9 Å². The van der Waals surface area contributed by atoms with E-state index in [1.165, 1.54) is 12.8 Å². The number of benzene rings is 1. The minimum atomic E-state index is -0.963. The van der Waals surface area contributed by atoms with E-state index in [0.29, 0.717) is 12.3 Å². The van der Waals surface area contributed by atoms with Gasteiger partial charge < -0.3 is 10.6 Å². The van der Waals surface area contributed by atoms with Crippen molar-refractivity contribution in [1.82, 2.24) is 10.6 Å². The minimum Gasteiger partial charge on any atom is -0.357 e. The molecule has 0 aliphatic heterocycles. The van der Waals surface area contributed by atoms with Crippen LogP contribution in [0.3, 0.4) is 0 Å². The lowest BCUT2D eigenvalue weighted by Gasteiger charge is -2.11. The van der Waals surface area contributed by atoms with E-state index < -0.39 is 10.8 Å². The summed E-state index contributed by atoms with van der Waals surface area (Å²) in [6.45, 7) is 8.88. The summed E-state index contributed by atoms with van der Waals surface area (Å²) in [7, 11) is -0.963. The summed E-state index contributed by atoms with van der Waals surface area (Å²) in [4.78, 5) is 5.45. The van der Waals surface area contributed by atoms with Crippen LogP contribution in [-0.2, 0) is 10.8 Å². The van der Waals surface area contributed by atoms with Gasteiger partial charge in [0.05, 0.1) is 10.8 Å². The van der Waals surface area contributed by atoms with E-state index in [2.05, 4.69) is 36.4 Å². The molecule has 1 unspecified atom stereocenters. The number of nitrogens with one attached hydrogen (secondary N) is 2. The molecule has 1 atom stereocenters. The Bertz CT molecular complexity index is 474. The van der Waals surface area contributed by atoms with Crippen molar-refractivity contribution in [3.63, 3.8) is 0 Å². The second-order valence-corrected chi connectivity index (χ2v) is 7.51. The zero-order chi connectivity index (χ0) is 16.9. The average molecular weight is 338 g/mol. The molecule has 1 rings (SSSR count). The molecule has 0 saturated heterocycles. The number of hydrogen-bond acceptors (Lipinski definition) is 2. The van der Waals surface area contributed by atoms with Crippen molar-refractivity contribution in [1.29, 1.82) is 0 Å². The summed E-state index contributed by atoms with van der Waals surface area (Å²) in [5.74, 6) is 2.17. The molecular weight excluding hydrogens is 306 g/mol. The predicted molar refractivity (Wildman–Crippen MR) is 100 cm³/mol. The largest absolute Gasteiger partial charge is 0.357 e. The zero-order valence-corrected chi connectivity index (χ0v) is 15.5. The van der Waals surface area contributed by atoms with Gasteiger partial charge in [0.1, 0.15) is 0 Å². The highest BCUT2D eigenvalue weighted by molar-refractivity contribution is 7.85. The minimum absolute atomic E-state index is 0.585. The summed E-state index contributed by atoms with van der Waals surface area (Å²) in [5, 5.41) is 6.50. The molecule has 23 heavy (non-hydrogen) atoms. The second-order valence-electron chi connectivity index (χ2n) is 5.94. The molecule has 0 radical (unpaired) electrons. The molecule has 0 saturated carbocycles. The fraction of sp³-hybridized carbons (Fsp3) is 0.611. The molecule has 1 aromatic rings. The van der Waals surface area contributed by atoms with Gasteiger partial charge in [-0.15, -0.1) is 0 Å². The van der Waals surface area contributed by atoms with Crippen LogP contribution >= 0.6 is 0 Å². The standard InChI is InChI=1S/C18H31N3OS/c1-4-19-18(20-13-9-8-10-16(2)3)21-14-15-23(22)17-11-6-5-7-12-17/h5-7,11-12,16H,4,8-10,13-15H2,1-3H3,(H2,19,20,21). The Morgan fingerprint density at radius 1 is 1.17 bits per heavy atom. The Kier molecular flexibility index (Phi) is 10.4. The van der Waals surface area contributed by atoms with Crippen LogP contribution in [0.2, 0.25) is 0 Å². The Morgan fingerprint density at radius 2 is 1.91 bits per heavy atom. The first-order valence-electron chi connectivity index (χ1n) is 8.59. The van der Waals surface area contributed by atoms with E-state index in [1.54, 1.807) is 0 Å². The molecule has 4 nitrogen and oxygen atoms in total. The fourth-order valence-corrected chi connectivity index (χ4v) is 3.13. The van der Waals surface area contributed by atoms with Crippen molar-refractivity contribution >= 4 is 16.8 Å². The van der Waals surface area contributed by atoms with Gasteiger partial charge in [0.2, 0.25) is 0 Å². The third-order valence-corrected chi connectivity index (χ3v) is 4.76. The highest BCUT2D eigenvalue weighted by Gasteiger charge is 2.03. The van der Waals surface area contributed by atoms with Crippen LogP contribution < -0.4 is 10.6 Å². The molecule has 2 N–H and O–H groups in total. The van der Waals surface area contributed by atoms with Gasteiger partial charge in [0, 0.05) is 30.3 Å². The molecular formula is C18H31N3OS. The molecule has 0 heterocycles. The number of guanidine groups is 1. The first-order chi connectivity index (χ1) is 11.1. The van der Waals surface area contributed by atoms with Gasteiger partial charge in [-0.05, 0) is 31.4 Å².